The molecule has 0 amide bonds. The second kappa shape index (κ2) is 12.2. The Balaban J connectivity index is 1.70. The molecule has 2 rings (SSSR count). The first-order chi connectivity index (χ1) is 13.2. The SMILES string of the molecule is CCNC(=NCCCCOc1ccccc1)N1CCC(C(=O)OCC)CC1. The summed E-state index contributed by atoms with van der Waals surface area (Å²) in [6.45, 7) is 8.39. The van der Waals surface area contributed by atoms with Crippen LogP contribution in [0, 0.1) is 5.92 Å². The zero-order valence-corrected chi connectivity index (χ0v) is 16.7. The molecule has 0 bridgehead atoms. The lowest BCUT2D eigenvalue weighted by Crippen LogP contribution is -2.46. The lowest BCUT2D eigenvalue weighted by Gasteiger charge is -2.33. The number of benzene rings is 1. The van der Waals surface area contributed by atoms with Gasteiger partial charge in [-0.15, -0.1) is 0 Å². The third kappa shape index (κ3) is 7.49. The molecule has 0 aromatic heterocycles. The Kier molecular flexibility index (Phi) is 9.52. The molecule has 0 atom stereocenters. The Morgan fingerprint density at radius 2 is 1.93 bits per heavy atom. The van der Waals surface area contributed by atoms with Crippen molar-refractivity contribution >= 4 is 11.9 Å². The van der Waals surface area contributed by atoms with Gasteiger partial charge in [-0.2, -0.15) is 0 Å². The summed E-state index contributed by atoms with van der Waals surface area (Å²) in [4.78, 5) is 18.9. The number of guanidine groups is 1. The number of carbonyl (C=O) groups excluding carboxylic acids is 1. The third-order valence-electron chi connectivity index (χ3n) is 4.58. The second-order valence-electron chi connectivity index (χ2n) is 6.62. The standard InChI is InChI=1S/C21H33N3O3/c1-3-22-21(24-15-12-18(13-16-24)20(25)26-4-2)23-14-8-9-17-27-19-10-6-5-7-11-19/h5-7,10-11,18H,3-4,8-9,12-17H2,1-2H3,(H,22,23). The van der Waals surface area contributed by atoms with E-state index in [4.69, 9.17) is 14.5 Å². The van der Waals surface area contributed by atoms with Gasteiger partial charge in [-0.3, -0.25) is 9.79 Å². The van der Waals surface area contributed by atoms with Crippen molar-refractivity contribution in [2.45, 2.75) is 39.5 Å². The molecule has 0 aliphatic carbocycles. The predicted molar refractivity (Wildman–Crippen MR) is 108 cm³/mol. The van der Waals surface area contributed by atoms with E-state index in [2.05, 4.69) is 17.1 Å². The number of para-hydroxylation sites is 1. The van der Waals surface area contributed by atoms with Crippen LogP contribution >= 0.6 is 0 Å². The number of carbonyl (C=O) groups is 1. The van der Waals surface area contributed by atoms with Gasteiger partial charge in [0.05, 0.1) is 19.1 Å². The van der Waals surface area contributed by atoms with Crippen molar-refractivity contribution in [2.24, 2.45) is 10.9 Å². The maximum atomic E-state index is 11.9. The van der Waals surface area contributed by atoms with Gasteiger partial charge in [0.2, 0.25) is 0 Å². The topological polar surface area (TPSA) is 63.2 Å². The van der Waals surface area contributed by atoms with E-state index in [1.165, 1.54) is 0 Å². The molecule has 0 spiro atoms. The lowest BCUT2D eigenvalue weighted by atomic mass is 9.97. The quantitative estimate of drug-likeness (QED) is 0.311. The maximum absolute atomic E-state index is 11.9. The van der Waals surface area contributed by atoms with Crippen LogP contribution in [0.2, 0.25) is 0 Å². The van der Waals surface area contributed by atoms with Crippen LogP contribution in [0.4, 0.5) is 0 Å². The van der Waals surface area contributed by atoms with Crippen molar-refractivity contribution in [3.63, 3.8) is 0 Å². The van der Waals surface area contributed by atoms with Gasteiger partial charge in [0.1, 0.15) is 5.75 Å². The monoisotopic (exact) mass is 375 g/mol. The first kappa shape index (κ1) is 21.1. The number of nitrogens with one attached hydrogen (secondary N) is 1. The van der Waals surface area contributed by atoms with Crippen LogP contribution in [0.5, 0.6) is 5.75 Å². The summed E-state index contributed by atoms with van der Waals surface area (Å²) < 4.78 is 10.9. The highest BCUT2D eigenvalue weighted by Gasteiger charge is 2.27. The number of nitrogens with zero attached hydrogens (tertiary/aromatic N) is 2. The Morgan fingerprint density at radius 1 is 1.19 bits per heavy atom. The molecule has 0 radical (unpaired) electrons. The van der Waals surface area contributed by atoms with Gasteiger partial charge < -0.3 is 19.7 Å². The summed E-state index contributed by atoms with van der Waals surface area (Å²) in [6.07, 6.45) is 3.62. The molecule has 1 fully saturated rings. The lowest BCUT2D eigenvalue weighted by molar-refractivity contribution is -0.149. The zero-order chi connectivity index (χ0) is 19.3. The van der Waals surface area contributed by atoms with Crippen molar-refractivity contribution in [1.29, 1.82) is 0 Å². The fourth-order valence-corrected chi connectivity index (χ4v) is 3.12. The summed E-state index contributed by atoms with van der Waals surface area (Å²) in [5.74, 6) is 1.83. The maximum Gasteiger partial charge on any atom is 0.309 e. The summed E-state index contributed by atoms with van der Waals surface area (Å²) in [6, 6.07) is 9.89. The highest BCUT2D eigenvalue weighted by molar-refractivity contribution is 5.80. The molecule has 1 aromatic carbocycles. The molecular formula is C21H33N3O3. The predicted octanol–water partition coefficient (Wildman–Crippen LogP) is 3.09. The first-order valence-corrected chi connectivity index (χ1v) is 10.1. The summed E-state index contributed by atoms with van der Waals surface area (Å²) >= 11 is 0. The van der Waals surface area contributed by atoms with E-state index in [-0.39, 0.29) is 11.9 Å². The molecule has 0 saturated carbocycles. The van der Waals surface area contributed by atoms with Crippen molar-refractivity contribution in [1.82, 2.24) is 10.2 Å². The van der Waals surface area contributed by atoms with E-state index in [0.29, 0.717) is 13.2 Å². The average Bonchev–Trinajstić information content (AvgIpc) is 2.71. The second-order valence-corrected chi connectivity index (χ2v) is 6.62. The number of rotatable bonds is 9. The highest BCUT2D eigenvalue weighted by atomic mass is 16.5. The molecule has 1 heterocycles. The van der Waals surface area contributed by atoms with Gasteiger partial charge in [-0.05, 0) is 51.7 Å². The third-order valence-corrected chi connectivity index (χ3v) is 4.58. The average molecular weight is 376 g/mol. The fourth-order valence-electron chi connectivity index (χ4n) is 3.12. The smallest absolute Gasteiger partial charge is 0.309 e. The van der Waals surface area contributed by atoms with E-state index < -0.39 is 0 Å². The van der Waals surface area contributed by atoms with E-state index in [9.17, 15) is 4.79 Å². The Labute approximate surface area is 162 Å². The minimum Gasteiger partial charge on any atom is -0.494 e. The van der Waals surface area contributed by atoms with Crippen molar-refractivity contribution in [3.05, 3.63) is 30.3 Å². The number of piperidine rings is 1. The van der Waals surface area contributed by atoms with Gasteiger partial charge in [-0.25, -0.2) is 0 Å². The van der Waals surface area contributed by atoms with Crippen LogP contribution in [-0.2, 0) is 9.53 Å². The van der Waals surface area contributed by atoms with E-state index >= 15 is 0 Å². The number of aliphatic imine (C=N–C) groups is 1. The summed E-state index contributed by atoms with van der Waals surface area (Å²) in [7, 11) is 0. The van der Waals surface area contributed by atoms with Crippen LogP contribution in [0.3, 0.4) is 0 Å². The summed E-state index contributed by atoms with van der Waals surface area (Å²) in [5, 5.41) is 3.37. The molecule has 1 N–H and O–H groups in total. The highest BCUT2D eigenvalue weighted by Crippen LogP contribution is 2.18. The van der Waals surface area contributed by atoms with Crippen molar-refractivity contribution in [2.75, 3.05) is 39.4 Å². The minimum absolute atomic E-state index is 0.0270. The summed E-state index contributed by atoms with van der Waals surface area (Å²) in [5.41, 5.74) is 0. The molecular weight excluding hydrogens is 342 g/mol. The molecule has 1 aromatic rings. The van der Waals surface area contributed by atoms with Crippen LogP contribution < -0.4 is 10.1 Å². The Bertz CT molecular complexity index is 569. The van der Waals surface area contributed by atoms with Crippen molar-refractivity contribution in [3.8, 4) is 5.75 Å². The number of esters is 1. The molecule has 150 valence electrons. The van der Waals surface area contributed by atoms with E-state index in [1.807, 2.05) is 37.3 Å². The largest absolute Gasteiger partial charge is 0.494 e. The zero-order valence-electron chi connectivity index (χ0n) is 16.7. The van der Waals surface area contributed by atoms with Gasteiger partial charge in [0.15, 0.2) is 5.96 Å². The Hall–Kier alpha value is -2.24. The number of unbranched alkanes of at least 4 members (excludes halogenated alkanes) is 1. The molecule has 6 nitrogen and oxygen atoms in total. The number of ether oxygens (including phenoxy) is 2. The van der Waals surface area contributed by atoms with Gasteiger partial charge in [0, 0.05) is 26.2 Å². The molecule has 1 saturated heterocycles. The fraction of sp³-hybridized carbons (Fsp3) is 0.619. The van der Waals surface area contributed by atoms with Crippen LogP contribution in [-0.4, -0.2) is 56.2 Å². The normalized spacial score (nSPS) is 15.5. The van der Waals surface area contributed by atoms with Crippen LogP contribution in [0.25, 0.3) is 0 Å². The number of hydrogen-bond donors (Lipinski definition) is 1. The number of hydrogen-bond acceptors (Lipinski definition) is 4. The molecule has 6 heteroatoms. The van der Waals surface area contributed by atoms with Crippen molar-refractivity contribution < 1.29 is 14.3 Å². The van der Waals surface area contributed by atoms with Crippen LogP contribution in [0.1, 0.15) is 39.5 Å². The van der Waals surface area contributed by atoms with Crippen LogP contribution in [0.15, 0.2) is 35.3 Å². The molecule has 0 unspecified atom stereocenters. The first-order valence-electron chi connectivity index (χ1n) is 10.1. The molecule has 1 aliphatic rings. The Morgan fingerprint density at radius 3 is 2.59 bits per heavy atom. The van der Waals surface area contributed by atoms with E-state index in [1.54, 1.807) is 0 Å². The molecule has 27 heavy (non-hydrogen) atoms. The van der Waals surface area contributed by atoms with E-state index in [0.717, 1.165) is 63.6 Å². The van der Waals surface area contributed by atoms with Gasteiger partial charge in [0.25, 0.3) is 0 Å². The number of likely N-dealkylation sites (tertiary alicyclic amines) is 1. The minimum atomic E-state index is -0.0579. The van der Waals surface area contributed by atoms with Gasteiger partial charge in [-0.1, -0.05) is 18.2 Å². The van der Waals surface area contributed by atoms with Gasteiger partial charge >= 0.3 is 5.97 Å². The molecule has 1 aliphatic heterocycles.